The van der Waals surface area contributed by atoms with Gasteiger partial charge in [0.1, 0.15) is 10.6 Å². The van der Waals surface area contributed by atoms with Crippen molar-refractivity contribution in [1.82, 2.24) is 15.3 Å². The summed E-state index contributed by atoms with van der Waals surface area (Å²) in [6, 6.07) is 8.17. The molecule has 2 fully saturated rings. The van der Waals surface area contributed by atoms with Crippen LogP contribution in [0.25, 0.3) is 11.4 Å². The summed E-state index contributed by atoms with van der Waals surface area (Å²) in [5.41, 5.74) is 1.80. The van der Waals surface area contributed by atoms with Gasteiger partial charge in [-0.15, -0.1) is 0 Å². The van der Waals surface area contributed by atoms with E-state index in [-0.39, 0.29) is 18.7 Å². The number of amides is 2. The van der Waals surface area contributed by atoms with E-state index >= 15 is 0 Å². The molecule has 1 aromatic carbocycles. The summed E-state index contributed by atoms with van der Waals surface area (Å²) in [7, 11) is -3.34. The molecule has 4 rings (SSSR count). The van der Waals surface area contributed by atoms with Crippen molar-refractivity contribution in [3.05, 3.63) is 36.0 Å². The molecule has 2 aliphatic rings. The molecule has 2 amide bonds. The first-order valence-corrected chi connectivity index (χ1v) is 13.2. The summed E-state index contributed by atoms with van der Waals surface area (Å²) in [5.74, 6) is 1.12. The smallest absolute Gasteiger partial charge is 0.319 e. The van der Waals surface area contributed by atoms with E-state index < -0.39 is 20.6 Å². The fourth-order valence-corrected chi connectivity index (χ4v) is 5.41. The zero-order valence-electron chi connectivity index (χ0n) is 19.6. The number of ether oxygens (including phenoxy) is 1. The number of urea groups is 1. The number of carbonyl (C=O) groups is 1. The Hall–Kier alpha value is -2.76. The van der Waals surface area contributed by atoms with E-state index in [9.17, 15) is 13.2 Å². The van der Waals surface area contributed by atoms with E-state index in [2.05, 4.69) is 20.5 Å². The largest absolute Gasteiger partial charge is 0.394 e. The molecule has 1 saturated heterocycles. The normalized spacial score (nSPS) is 20.5. The Morgan fingerprint density at radius 2 is 2.00 bits per heavy atom. The van der Waals surface area contributed by atoms with Gasteiger partial charge in [0.15, 0.2) is 15.7 Å². The summed E-state index contributed by atoms with van der Waals surface area (Å²) in [6.45, 7) is 5.40. The molecule has 2 heterocycles. The topological polar surface area (TPSA) is 134 Å². The van der Waals surface area contributed by atoms with Gasteiger partial charge < -0.3 is 25.4 Å². The quantitative estimate of drug-likeness (QED) is 0.537. The number of hydrogen-bond donors (Lipinski definition) is 3. The monoisotopic (exact) mass is 489 g/mol. The lowest BCUT2D eigenvalue weighted by atomic mass is 10.1. The second-order valence-corrected chi connectivity index (χ2v) is 11.4. The van der Waals surface area contributed by atoms with E-state index in [1.165, 1.54) is 6.26 Å². The molecule has 10 nitrogen and oxygen atoms in total. The van der Waals surface area contributed by atoms with E-state index in [4.69, 9.17) is 14.8 Å². The number of nitrogens with one attached hydrogen (secondary N) is 2. The molecule has 0 bridgehead atoms. The van der Waals surface area contributed by atoms with Crippen LogP contribution in [0.15, 0.2) is 30.3 Å². The lowest BCUT2D eigenvalue weighted by molar-refractivity contribution is 0.0985. The summed E-state index contributed by atoms with van der Waals surface area (Å²) >= 11 is 0. The molecule has 11 heteroatoms. The first-order chi connectivity index (χ1) is 16.1. The molecule has 1 unspecified atom stereocenters. The molecule has 1 aliphatic carbocycles. The maximum absolute atomic E-state index is 12.6. The van der Waals surface area contributed by atoms with Crippen LogP contribution in [0.4, 0.5) is 16.3 Å². The van der Waals surface area contributed by atoms with Crippen molar-refractivity contribution in [2.45, 2.75) is 43.5 Å². The van der Waals surface area contributed by atoms with Crippen molar-refractivity contribution in [2.24, 2.45) is 0 Å². The Balaban J connectivity index is 1.66. The third kappa shape index (κ3) is 5.01. The van der Waals surface area contributed by atoms with Crippen molar-refractivity contribution in [1.29, 1.82) is 0 Å². The van der Waals surface area contributed by atoms with Gasteiger partial charge in [-0.25, -0.2) is 23.2 Å². The highest BCUT2D eigenvalue weighted by Gasteiger charge is 2.55. The van der Waals surface area contributed by atoms with Crippen LogP contribution in [0.2, 0.25) is 0 Å². The first kappa shape index (κ1) is 24.4. The van der Waals surface area contributed by atoms with Crippen LogP contribution in [0.3, 0.4) is 0 Å². The number of aromatic nitrogens is 2. The van der Waals surface area contributed by atoms with Gasteiger partial charge in [-0.05, 0) is 51.0 Å². The molecule has 2 atom stereocenters. The Bertz CT molecular complexity index is 1150. The number of anilines is 2. The van der Waals surface area contributed by atoms with Crippen molar-refractivity contribution in [2.75, 3.05) is 42.8 Å². The number of rotatable bonds is 7. The molecule has 1 aliphatic heterocycles. The van der Waals surface area contributed by atoms with Crippen LogP contribution in [0, 0.1) is 0 Å². The van der Waals surface area contributed by atoms with Gasteiger partial charge in [0.25, 0.3) is 0 Å². The van der Waals surface area contributed by atoms with Crippen molar-refractivity contribution in [3.8, 4) is 11.4 Å². The molecular weight excluding hydrogens is 458 g/mol. The Morgan fingerprint density at radius 3 is 2.59 bits per heavy atom. The maximum atomic E-state index is 12.6. The lowest BCUT2D eigenvalue weighted by Gasteiger charge is -2.34. The molecule has 34 heavy (non-hydrogen) atoms. The summed E-state index contributed by atoms with van der Waals surface area (Å²) in [4.78, 5) is 23.6. The third-order valence-electron chi connectivity index (χ3n) is 6.31. The number of hydrogen-bond acceptors (Lipinski definition) is 8. The number of aliphatic hydroxyl groups excluding tert-OH is 1. The lowest BCUT2D eigenvalue weighted by Crippen LogP contribution is -2.44. The third-order valence-corrected chi connectivity index (χ3v) is 8.34. The van der Waals surface area contributed by atoms with E-state index in [1.807, 2.05) is 13.0 Å². The Labute approximate surface area is 199 Å². The predicted molar refractivity (Wildman–Crippen MR) is 130 cm³/mol. The number of nitrogens with zero attached hydrogens (tertiary/aromatic N) is 3. The highest BCUT2D eigenvalue weighted by molar-refractivity contribution is 7.91. The minimum Gasteiger partial charge on any atom is -0.394 e. The van der Waals surface area contributed by atoms with Crippen LogP contribution in [0.1, 0.15) is 32.4 Å². The van der Waals surface area contributed by atoms with Crippen LogP contribution in [-0.2, 0) is 19.3 Å². The first-order valence-electron chi connectivity index (χ1n) is 11.4. The minimum absolute atomic E-state index is 0.101. The summed E-state index contributed by atoms with van der Waals surface area (Å²) in [6.07, 6.45) is 2.36. The zero-order valence-corrected chi connectivity index (χ0v) is 20.4. The molecule has 184 valence electrons. The fourth-order valence-electron chi connectivity index (χ4n) is 4.08. The second kappa shape index (κ2) is 9.47. The van der Waals surface area contributed by atoms with Crippen LogP contribution in [0.5, 0.6) is 0 Å². The average Bonchev–Trinajstić information content (AvgIpc) is 3.62. The van der Waals surface area contributed by atoms with Gasteiger partial charge in [0.05, 0.1) is 37.6 Å². The molecule has 2 aromatic rings. The van der Waals surface area contributed by atoms with Gasteiger partial charge in [-0.3, -0.25) is 0 Å². The average molecular weight is 490 g/mol. The SMILES string of the molecule is CC(CO)NC(=O)Nc1ccc(-c2nc(N3CCOC[C@@H]3C)cc(C3(S(C)(=O)=O)CC3)n2)cc1. The number of benzene rings is 1. The number of carbonyl (C=O) groups excluding carboxylic acids is 1. The van der Waals surface area contributed by atoms with E-state index in [0.29, 0.717) is 61.2 Å². The molecular formula is C23H31N5O5S. The highest BCUT2D eigenvalue weighted by Crippen LogP contribution is 2.52. The van der Waals surface area contributed by atoms with Gasteiger partial charge in [-0.1, -0.05) is 0 Å². The molecule has 0 spiro atoms. The van der Waals surface area contributed by atoms with Crippen LogP contribution in [-0.4, -0.2) is 74.2 Å². The van der Waals surface area contributed by atoms with Crippen LogP contribution >= 0.6 is 0 Å². The second-order valence-electron chi connectivity index (χ2n) is 9.08. The summed E-state index contributed by atoms with van der Waals surface area (Å²) in [5, 5.41) is 14.4. The molecule has 1 aromatic heterocycles. The zero-order chi connectivity index (χ0) is 24.5. The van der Waals surface area contributed by atoms with Crippen molar-refractivity contribution in [3.63, 3.8) is 0 Å². The van der Waals surface area contributed by atoms with Gasteiger partial charge in [0.2, 0.25) is 0 Å². The molecule has 0 radical (unpaired) electrons. The molecule has 3 N–H and O–H groups in total. The molecule has 1 saturated carbocycles. The van der Waals surface area contributed by atoms with E-state index in [0.717, 1.165) is 0 Å². The van der Waals surface area contributed by atoms with Crippen molar-refractivity contribution >= 4 is 27.4 Å². The van der Waals surface area contributed by atoms with Gasteiger partial charge in [-0.2, -0.15) is 0 Å². The van der Waals surface area contributed by atoms with E-state index in [1.54, 1.807) is 31.2 Å². The Morgan fingerprint density at radius 1 is 1.29 bits per heavy atom. The predicted octanol–water partition coefficient (Wildman–Crippen LogP) is 1.90. The van der Waals surface area contributed by atoms with Crippen LogP contribution < -0.4 is 15.5 Å². The summed E-state index contributed by atoms with van der Waals surface area (Å²) < 4.78 is 29.8. The number of aliphatic hydroxyl groups is 1. The standard InChI is InChI=1S/C23H31N5O5S/c1-15(13-29)24-22(30)25-18-6-4-17(5-7-18)21-26-19(23(8-9-23)34(3,31)32)12-20(27-21)28-10-11-33-14-16(28)2/h4-7,12,15-16,29H,8-11,13-14H2,1-3H3,(H2,24,25,30)/t15?,16-/m0/s1. The number of morpholine rings is 1. The maximum Gasteiger partial charge on any atom is 0.319 e. The number of sulfone groups is 1. The Kier molecular flexibility index (Phi) is 6.79. The van der Waals surface area contributed by atoms with Crippen molar-refractivity contribution < 1.29 is 23.1 Å². The highest BCUT2D eigenvalue weighted by atomic mass is 32.2. The fraction of sp³-hybridized carbons (Fsp3) is 0.522. The van der Waals surface area contributed by atoms with Gasteiger partial charge in [0, 0.05) is 30.1 Å². The van der Waals surface area contributed by atoms with Gasteiger partial charge >= 0.3 is 6.03 Å². The minimum atomic E-state index is -3.34.